The minimum Gasteiger partial charge on any atom is -0.349 e. The summed E-state index contributed by atoms with van der Waals surface area (Å²) in [5.74, 6) is -0.0641. The van der Waals surface area contributed by atoms with E-state index in [9.17, 15) is 9.59 Å². The van der Waals surface area contributed by atoms with Gasteiger partial charge in [-0.3, -0.25) is 9.59 Å². The van der Waals surface area contributed by atoms with Crippen LogP contribution in [-0.2, 0) is 0 Å². The van der Waals surface area contributed by atoms with Crippen LogP contribution in [0, 0.1) is 0 Å². The summed E-state index contributed by atoms with van der Waals surface area (Å²) in [6.45, 7) is 3.87. The monoisotopic (exact) mass is 358 g/mol. The third kappa shape index (κ3) is 4.14. The average Bonchev–Trinajstić information content (AvgIpc) is 3.39. The Bertz CT molecular complexity index is 818. The van der Waals surface area contributed by atoms with Crippen molar-refractivity contribution < 1.29 is 9.59 Å². The van der Waals surface area contributed by atoms with Gasteiger partial charge in [-0.25, -0.2) is 9.97 Å². The standard InChI is InChI=1S/C18H19ClN4O2/c1-10(2)16-20-9-13(19)15(23-16)18(25)22-14-6-4-3-5-12(14)17(24)21-11-7-8-11/h3-6,9-11H,7-8H2,1-2H3,(H,21,24)(H,22,25). The second kappa shape index (κ2) is 7.19. The van der Waals surface area contributed by atoms with Gasteiger partial charge in [0.1, 0.15) is 5.82 Å². The molecule has 25 heavy (non-hydrogen) atoms. The normalized spacial score (nSPS) is 13.6. The van der Waals surface area contributed by atoms with Crippen LogP contribution in [-0.4, -0.2) is 27.8 Å². The molecule has 1 fully saturated rings. The van der Waals surface area contributed by atoms with Gasteiger partial charge in [0.25, 0.3) is 11.8 Å². The van der Waals surface area contributed by atoms with Gasteiger partial charge >= 0.3 is 0 Å². The minimum atomic E-state index is -0.471. The third-order valence-electron chi connectivity index (χ3n) is 3.83. The Morgan fingerprint density at radius 2 is 1.92 bits per heavy atom. The van der Waals surface area contributed by atoms with Gasteiger partial charge in [-0.05, 0) is 25.0 Å². The van der Waals surface area contributed by atoms with Crippen molar-refractivity contribution in [2.45, 2.75) is 38.6 Å². The zero-order chi connectivity index (χ0) is 18.0. The maximum Gasteiger partial charge on any atom is 0.275 e. The van der Waals surface area contributed by atoms with Crippen molar-refractivity contribution in [3.05, 3.63) is 52.6 Å². The van der Waals surface area contributed by atoms with Crippen LogP contribution in [0.4, 0.5) is 5.69 Å². The Hall–Kier alpha value is -2.47. The number of rotatable bonds is 5. The van der Waals surface area contributed by atoms with E-state index in [1.165, 1.54) is 6.20 Å². The number of benzene rings is 1. The van der Waals surface area contributed by atoms with Gasteiger partial charge < -0.3 is 10.6 Å². The molecule has 130 valence electrons. The van der Waals surface area contributed by atoms with E-state index in [-0.39, 0.29) is 28.6 Å². The molecule has 1 aliphatic rings. The van der Waals surface area contributed by atoms with Crippen LogP contribution in [0.25, 0.3) is 0 Å². The summed E-state index contributed by atoms with van der Waals surface area (Å²) >= 11 is 6.08. The fourth-order valence-electron chi connectivity index (χ4n) is 2.28. The number of halogens is 1. The number of hydrogen-bond donors (Lipinski definition) is 2. The molecule has 2 aromatic rings. The summed E-state index contributed by atoms with van der Waals surface area (Å²) in [4.78, 5) is 33.3. The number of carbonyl (C=O) groups is 2. The van der Waals surface area contributed by atoms with Crippen molar-refractivity contribution in [3.63, 3.8) is 0 Å². The van der Waals surface area contributed by atoms with Crippen LogP contribution < -0.4 is 10.6 Å². The van der Waals surface area contributed by atoms with Crippen molar-refractivity contribution in [1.82, 2.24) is 15.3 Å². The average molecular weight is 359 g/mol. The molecule has 0 radical (unpaired) electrons. The molecule has 0 bridgehead atoms. The first kappa shape index (κ1) is 17.4. The Morgan fingerprint density at radius 3 is 2.60 bits per heavy atom. The molecule has 1 aliphatic carbocycles. The molecule has 0 atom stereocenters. The second-order valence-corrected chi connectivity index (χ2v) is 6.73. The van der Waals surface area contributed by atoms with E-state index in [4.69, 9.17) is 11.6 Å². The van der Waals surface area contributed by atoms with Gasteiger partial charge in [-0.2, -0.15) is 0 Å². The second-order valence-electron chi connectivity index (χ2n) is 6.33. The Kier molecular flexibility index (Phi) is 4.99. The summed E-state index contributed by atoms with van der Waals surface area (Å²) < 4.78 is 0. The minimum absolute atomic E-state index is 0.0698. The Morgan fingerprint density at radius 1 is 1.20 bits per heavy atom. The molecular formula is C18H19ClN4O2. The van der Waals surface area contributed by atoms with Gasteiger partial charge in [0.2, 0.25) is 0 Å². The number of para-hydroxylation sites is 1. The highest BCUT2D eigenvalue weighted by Gasteiger charge is 2.25. The fraction of sp³-hybridized carbons (Fsp3) is 0.333. The molecule has 6 nitrogen and oxygen atoms in total. The highest BCUT2D eigenvalue weighted by atomic mass is 35.5. The number of hydrogen-bond acceptors (Lipinski definition) is 4. The molecular weight excluding hydrogens is 340 g/mol. The number of nitrogens with zero attached hydrogens (tertiary/aromatic N) is 2. The number of anilines is 1. The van der Waals surface area contributed by atoms with E-state index in [1.807, 2.05) is 13.8 Å². The Balaban J connectivity index is 1.84. The predicted octanol–water partition coefficient (Wildman–Crippen LogP) is 3.40. The highest BCUT2D eigenvalue weighted by molar-refractivity contribution is 6.34. The van der Waals surface area contributed by atoms with Crippen molar-refractivity contribution in [2.75, 3.05) is 5.32 Å². The van der Waals surface area contributed by atoms with Gasteiger partial charge in [-0.1, -0.05) is 37.6 Å². The number of aromatic nitrogens is 2. The fourth-order valence-corrected chi connectivity index (χ4v) is 2.46. The van der Waals surface area contributed by atoms with Crippen molar-refractivity contribution in [3.8, 4) is 0 Å². The molecule has 0 aliphatic heterocycles. The first-order valence-corrected chi connectivity index (χ1v) is 8.57. The van der Waals surface area contributed by atoms with Gasteiger partial charge in [-0.15, -0.1) is 0 Å². The van der Waals surface area contributed by atoms with Crippen LogP contribution in [0.5, 0.6) is 0 Å². The molecule has 3 rings (SSSR count). The lowest BCUT2D eigenvalue weighted by Crippen LogP contribution is -2.27. The smallest absolute Gasteiger partial charge is 0.275 e. The molecule has 0 unspecified atom stereocenters. The van der Waals surface area contributed by atoms with E-state index < -0.39 is 5.91 Å². The van der Waals surface area contributed by atoms with Gasteiger partial charge in [0, 0.05) is 12.0 Å². The topological polar surface area (TPSA) is 84.0 Å². The predicted molar refractivity (Wildman–Crippen MR) is 96.0 cm³/mol. The summed E-state index contributed by atoms with van der Waals surface area (Å²) in [5.41, 5.74) is 0.932. The lowest BCUT2D eigenvalue weighted by Gasteiger charge is -2.12. The van der Waals surface area contributed by atoms with E-state index >= 15 is 0 Å². The van der Waals surface area contributed by atoms with Crippen LogP contribution in [0.1, 0.15) is 59.3 Å². The van der Waals surface area contributed by atoms with Crippen LogP contribution in [0.15, 0.2) is 30.5 Å². The molecule has 2 N–H and O–H groups in total. The van der Waals surface area contributed by atoms with Gasteiger partial charge in [0.15, 0.2) is 5.69 Å². The molecule has 0 spiro atoms. The van der Waals surface area contributed by atoms with E-state index in [0.29, 0.717) is 17.1 Å². The Labute approximate surface area is 151 Å². The van der Waals surface area contributed by atoms with E-state index in [1.54, 1.807) is 24.3 Å². The number of carbonyl (C=O) groups excluding carboxylic acids is 2. The number of nitrogens with one attached hydrogen (secondary N) is 2. The molecule has 1 aromatic carbocycles. The third-order valence-corrected chi connectivity index (χ3v) is 4.10. The quantitative estimate of drug-likeness (QED) is 0.858. The summed E-state index contributed by atoms with van der Waals surface area (Å²) in [7, 11) is 0. The van der Waals surface area contributed by atoms with E-state index in [2.05, 4.69) is 20.6 Å². The summed E-state index contributed by atoms with van der Waals surface area (Å²) in [6, 6.07) is 7.10. The van der Waals surface area contributed by atoms with Crippen molar-refractivity contribution >= 4 is 29.1 Å². The van der Waals surface area contributed by atoms with Crippen LogP contribution in [0.2, 0.25) is 5.02 Å². The van der Waals surface area contributed by atoms with Gasteiger partial charge in [0.05, 0.1) is 22.5 Å². The maximum absolute atomic E-state index is 12.6. The lowest BCUT2D eigenvalue weighted by atomic mass is 10.1. The van der Waals surface area contributed by atoms with Crippen molar-refractivity contribution in [2.24, 2.45) is 0 Å². The summed E-state index contributed by atoms with van der Waals surface area (Å²) in [5, 5.41) is 5.82. The summed E-state index contributed by atoms with van der Waals surface area (Å²) in [6.07, 6.45) is 3.41. The van der Waals surface area contributed by atoms with Crippen LogP contribution >= 0.6 is 11.6 Å². The maximum atomic E-state index is 12.6. The highest BCUT2D eigenvalue weighted by Crippen LogP contribution is 2.23. The molecule has 1 aromatic heterocycles. The first-order valence-electron chi connectivity index (χ1n) is 8.19. The SMILES string of the molecule is CC(C)c1ncc(Cl)c(C(=O)Nc2ccccc2C(=O)NC2CC2)n1. The molecule has 1 saturated carbocycles. The van der Waals surface area contributed by atoms with E-state index in [0.717, 1.165) is 12.8 Å². The molecule has 7 heteroatoms. The zero-order valence-corrected chi connectivity index (χ0v) is 14.8. The molecule has 2 amide bonds. The largest absolute Gasteiger partial charge is 0.349 e. The lowest BCUT2D eigenvalue weighted by molar-refractivity contribution is 0.0952. The number of amides is 2. The van der Waals surface area contributed by atoms with Crippen molar-refractivity contribution in [1.29, 1.82) is 0 Å². The first-order chi connectivity index (χ1) is 12.0. The van der Waals surface area contributed by atoms with Crippen LogP contribution in [0.3, 0.4) is 0 Å². The zero-order valence-electron chi connectivity index (χ0n) is 14.0. The molecule has 0 saturated heterocycles. The molecule has 1 heterocycles.